The first-order valence-electron chi connectivity index (χ1n) is 9.61. The summed E-state index contributed by atoms with van der Waals surface area (Å²) in [5.41, 5.74) is 16.5. The molecule has 0 bridgehead atoms. The van der Waals surface area contributed by atoms with Crippen molar-refractivity contribution in [1.29, 1.82) is 0 Å². The lowest BCUT2D eigenvalue weighted by molar-refractivity contribution is -0.145. The van der Waals surface area contributed by atoms with Crippen LogP contribution in [0.25, 0.3) is 20.9 Å². The van der Waals surface area contributed by atoms with Gasteiger partial charge in [0.15, 0.2) is 0 Å². The summed E-state index contributed by atoms with van der Waals surface area (Å²) in [6, 6.07) is -2.20. The molecule has 0 aromatic rings. The standard InChI is InChI=1S/C9H13F2N3O2.C8H11F2N3O2/c1-16-8(15)7(13-14-12)6-2-4-9(10,11)5-3-6;9-8(10)3-1-5(2-4-8)6(7(14)15)12-13-11/h6-7H,2-5H2,1H3;5-6H,1-4H2,(H,14,15)/t7-;6-/m00/s1. The summed E-state index contributed by atoms with van der Waals surface area (Å²) in [5.74, 6) is -8.08. The van der Waals surface area contributed by atoms with Gasteiger partial charge in [0, 0.05) is 35.5 Å². The Kier molecular flexibility index (Phi) is 9.86. The summed E-state index contributed by atoms with van der Waals surface area (Å²) in [5, 5.41) is 15.2. The fourth-order valence-corrected chi connectivity index (χ4v) is 3.67. The largest absolute Gasteiger partial charge is 0.481 e. The lowest BCUT2D eigenvalue weighted by Gasteiger charge is -2.30. The number of methoxy groups -OCH3 is 1. The van der Waals surface area contributed by atoms with Crippen molar-refractivity contribution in [3.05, 3.63) is 20.9 Å². The molecule has 0 heterocycles. The minimum absolute atomic E-state index is 0.0863. The van der Waals surface area contributed by atoms with E-state index in [-0.39, 0.29) is 57.3 Å². The lowest BCUT2D eigenvalue weighted by atomic mass is 9.82. The first-order valence-corrected chi connectivity index (χ1v) is 9.61. The van der Waals surface area contributed by atoms with Crippen molar-refractivity contribution >= 4 is 11.9 Å². The zero-order chi connectivity index (χ0) is 23.7. The first kappa shape index (κ1) is 26.3. The van der Waals surface area contributed by atoms with Crippen molar-refractivity contribution < 1.29 is 37.0 Å². The van der Waals surface area contributed by atoms with E-state index in [2.05, 4.69) is 24.8 Å². The van der Waals surface area contributed by atoms with E-state index in [4.69, 9.17) is 16.2 Å². The van der Waals surface area contributed by atoms with Crippen LogP contribution in [0.15, 0.2) is 10.2 Å². The Morgan fingerprint density at radius 2 is 1.26 bits per heavy atom. The SMILES string of the molecule is COC(=O)[C@@H](N=[N+]=[N-])C1CCC(F)(F)CC1.[N-]=[N+]=N[C@H](C(=O)O)C1CCC(F)(F)CC1. The van der Waals surface area contributed by atoms with Crippen LogP contribution in [-0.4, -0.2) is 48.1 Å². The summed E-state index contributed by atoms with van der Waals surface area (Å²) in [7, 11) is 1.18. The third kappa shape index (κ3) is 8.50. The molecular formula is C17H24F4N6O4. The second-order valence-electron chi connectivity index (χ2n) is 7.55. The second-order valence-corrected chi connectivity index (χ2v) is 7.55. The van der Waals surface area contributed by atoms with E-state index in [0.717, 1.165) is 0 Å². The molecule has 174 valence electrons. The van der Waals surface area contributed by atoms with Gasteiger partial charge in [0.05, 0.1) is 7.11 Å². The van der Waals surface area contributed by atoms with E-state index in [1.807, 2.05) is 0 Å². The number of nitrogens with zero attached hydrogens (tertiary/aromatic N) is 6. The Hall–Kier alpha value is -2.72. The van der Waals surface area contributed by atoms with E-state index < -0.39 is 41.8 Å². The molecule has 2 saturated carbocycles. The molecule has 0 unspecified atom stereocenters. The summed E-state index contributed by atoms with van der Waals surface area (Å²) in [6.45, 7) is 0. The van der Waals surface area contributed by atoms with Gasteiger partial charge in [-0.2, -0.15) is 0 Å². The topological polar surface area (TPSA) is 161 Å². The van der Waals surface area contributed by atoms with Crippen molar-refractivity contribution in [2.24, 2.45) is 22.1 Å². The molecule has 10 nitrogen and oxygen atoms in total. The number of carbonyl (C=O) groups excluding carboxylic acids is 1. The summed E-state index contributed by atoms with van der Waals surface area (Å²) >= 11 is 0. The smallest absolute Gasteiger partial charge is 0.314 e. The molecule has 2 fully saturated rings. The molecule has 2 rings (SSSR count). The van der Waals surface area contributed by atoms with Gasteiger partial charge in [-0.25, -0.2) is 17.6 Å². The zero-order valence-corrected chi connectivity index (χ0v) is 16.8. The van der Waals surface area contributed by atoms with Crippen molar-refractivity contribution in [1.82, 2.24) is 0 Å². The average molecular weight is 452 g/mol. The van der Waals surface area contributed by atoms with Gasteiger partial charge < -0.3 is 9.84 Å². The molecule has 1 N–H and O–H groups in total. The van der Waals surface area contributed by atoms with Gasteiger partial charge in [-0.1, -0.05) is 10.2 Å². The van der Waals surface area contributed by atoms with E-state index >= 15 is 0 Å². The molecule has 2 atom stereocenters. The highest BCUT2D eigenvalue weighted by atomic mass is 19.3. The first-order chi connectivity index (χ1) is 14.5. The van der Waals surface area contributed by atoms with Crippen LogP contribution in [0.4, 0.5) is 17.6 Å². The second kappa shape index (κ2) is 11.6. The number of halogens is 4. The number of hydrogen-bond acceptors (Lipinski definition) is 5. The molecule has 0 spiro atoms. The number of rotatable bonds is 6. The Labute approximate surface area is 175 Å². The van der Waals surface area contributed by atoms with Gasteiger partial charge in [0.1, 0.15) is 12.1 Å². The highest BCUT2D eigenvalue weighted by Gasteiger charge is 2.40. The molecule has 2 aliphatic carbocycles. The molecule has 14 heteroatoms. The zero-order valence-electron chi connectivity index (χ0n) is 16.8. The fraction of sp³-hybridized carbons (Fsp3) is 0.882. The molecule has 31 heavy (non-hydrogen) atoms. The predicted octanol–water partition coefficient (Wildman–Crippen LogP) is 5.24. The van der Waals surface area contributed by atoms with Gasteiger partial charge >= 0.3 is 11.9 Å². The number of ether oxygens (including phenoxy) is 1. The average Bonchev–Trinajstić information content (AvgIpc) is 2.71. The molecule has 0 aliphatic heterocycles. The highest BCUT2D eigenvalue weighted by Crippen LogP contribution is 2.39. The number of aliphatic carboxylic acids is 1. The van der Waals surface area contributed by atoms with Crippen LogP contribution >= 0.6 is 0 Å². The van der Waals surface area contributed by atoms with Crippen LogP contribution in [-0.2, 0) is 14.3 Å². The molecule has 0 aromatic heterocycles. The van der Waals surface area contributed by atoms with Crippen LogP contribution in [0, 0.1) is 11.8 Å². The van der Waals surface area contributed by atoms with Crippen LogP contribution < -0.4 is 0 Å². The van der Waals surface area contributed by atoms with Crippen molar-refractivity contribution in [3.63, 3.8) is 0 Å². The van der Waals surface area contributed by atoms with Crippen LogP contribution in [0.5, 0.6) is 0 Å². The molecule has 0 amide bonds. The maximum Gasteiger partial charge on any atom is 0.314 e. The Bertz CT molecular complexity index is 718. The summed E-state index contributed by atoms with van der Waals surface area (Å²) in [6.07, 6.45) is -0.688. The van der Waals surface area contributed by atoms with Gasteiger partial charge in [-0.05, 0) is 48.6 Å². The minimum Gasteiger partial charge on any atom is -0.481 e. The third-order valence-electron chi connectivity index (χ3n) is 5.46. The molecule has 0 aromatic carbocycles. The normalized spacial score (nSPS) is 22.4. The maximum atomic E-state index is 12.9. The Morgan fingerprint density at radius 3 is 1.58 bits per heavy atom. The molecular weight excluding hydrogens is 428 g/mol. The minimum atomic E-state index is -2.70. The van der Waals surface area contributed by atoms with Crippen molar-refractivity contribution in [3.8, 4) is 0 Å². The van der Waals surface area contributed by atoms with Crippen molar-refractivity contribution in [2.45, 2.75) is 75.3 Å². The number of azide groups is 2. The number of esters is 1. The van der Waals surface area contributed by atoms with Crippen molar-refractivity contribution in [2.75, 3.05) is 7.11 Å². The third-order valence-corrected chi connectivity index (χ3v) is 5.46. The van der Waals surface area contributed by atoms with Crippen LogP contribution in [0.2, 0.25) is 0 Å². The number of carboxylic acids is 1. The van der Waals surface area contributed by atoms with Crippen LogP contribution in [0.3, 0.4) is 0 Å². The van der Waals surface area contributed by atoms with E-state index in [9.17, 15) is 27.2 Å². The molecule has 0 saturated heterocycles. The predicted molar refractivity (Wildman–Crippen MR) is 99.3 cm³/mol. The number of alkyl halides is 4. The maximum absolute atomic E-state index is 12.9. The lowest BCUT2D eigenvalue weighted by Crippen LogP contribution is -2.35. The number of hydrogen-bond donors (Lipinski definition) is 1. The van der Waals surface area contributed by atoms with Gasteiger partial charge in [0.2, 0.25) is 11.8 Å². The van der Waals surface area contributed by atoms with Crippen LogP contribution in [0.1, 0.15) is 51.4 Å². The van der Waals surface area contributed by atoms with E-state index in [1.165, 1.54) is 7.11 Å². The quantitative estimate of drug-likeness (QED) is 0.192. The molecule has 0 radical (unpaired) electrons. The van der Waals surface area contributed by atoms with E-state index in [0.29, 0.717) is 0 Å². The van der Waals surface area contributed by atoms with Gasteiger partial charge in [-0.15, -0.1) is 0 Å². The highest BCUT2D eigenvalue weighted by molar-refractivity contribution is 5.76. The van der Waals surface area contributed by atoms with Gasteiger partial charge in [0.25, 0.3) is 0 Å². The number of carbonyl (C=O) groups is 2. The summed E-state index contributed by atoms with van der Waals surface area (Å²) < 4.78 is 55.8. The molecule has 2 aliphatic rings. The monoisotopic (exact) mass is 452 g/mol. The van der Waals surface area contributed by atoms with Gasteiger partial charge in [-0.3, -0.25) is 9.59 Å². The Balaban J connectivity index is 0.000000311. The summed E-state index contributed by atoms with van der Waals surface area (Å²) in [4.78, 5) is 27.0. The number of carboxylic acid groups (broad SMARTS) is 1. The fourth-order valence-electron chi connectivity index (χ4n) is 3.67. The van der Waals surface area contributed by atoms with E-state index in [1.54, 1.807) is 0 Å². The Morgan fingerprint density at radius 1 is 0.903 bits per heavy atom.